The molecule has 0 unspecified atom stereocenters. The third kappa shape index (κ3) is 2.79. The van der Waals surface area contributed by atoms with Crippen LogP contribution in [0.3, 0.4) is 0 Å². The van der Waals surface area contributed by atoms with Crippen LogP contribution in [0.2, 0.25) is 0 Å². The van der Waals surface area contributed by atoms with Gasteiger partial charge in [0.1, 0.15) is 0 Å². The van der Waals surface area contributed by atoms with Gasteiger partial charge in [0.15, 0.2) is 0 Å². The summed E-state index contributed by atoms with van der Waals surface area (Å²) in [6, 6.07) is 0. The van der Waals surface area contributed by atoms with Crippen molar-refractivity contribution >= 4 is 5.95 Å². The molecule has 1 aliphatic carbocycles. The molecule has 0 amide bonds. The maximum atomic E-state index is 10.4. The Kier molecular flexibility index (Phi) is 3.10. The number of hydrogen-bond acceptors (Lipinski definition) is 5. The van der Waals surface area contributed by atoms with Crippen LogP contribution < -0.4 is 0 Å². The maximum Gasteiger partial charge on any atom is 0.490 e. The lowest BCUT2D eigenvalue weighted by Gasteiger charge is -2.33. The number of hydrogen-bond donors (Lipinski definition) is 1. The van der Waals surface area contributed by atoms with E-state index in [0.29, 0.717) is 18.8 Å². The van der Waals surface area contributed by atoms with Crippen LogP contribution in [0, 0.1) is 16.0 Å². The molecule has 0 saturated heterocycles. The monoisotopic (exact) mass is 240 g/mol. The van der Waals surface area contributed by atoms with Crippen molar-refractivity contribution in [1.29, 1.82) is 0 Å². The Bertz CT molecular complexity index is 409. The zero-order valence-electron chi connectivity index (χ0n) is 9.74. The van der Waals surface area contributed by atoms with E-state index in [1.54, 1.807) is 0 Å². The molecule has 0 atom stereocenters. The molecule has 1 aromatic rings. The van der Waals surface area contributed by atoms with Gasteiger partial charge in [-0.15, -0.1) is 0 Å². The molecule has 0 spiro atoms. The van der Waals surface area contributed by atoms with Crippen LogP contribution in [0.1, 0.15) is 32.6 Å². The summed E-state index contributed by atoms with van der Waals surface area (Å²) in [5.74, 6) is 0.220. The molecule has 1 aromatic heterocycles. The van der Waals surface area contributed by atoms with E-state index < -0.39 is 16.5 Å². The second-order valence-corrected chi connectivity index (χ2v) is 4.91. The van der Waals surface area contributed by atoms with E-state index in [4.69, 9.17) is 0 Å². The smallest absolute Gasteiger partial charge is 0.390 e. The van der Waals surface area contributed by atoms with Crippen molar-refractivity contribution < 1.29 is 10.0 Å². The molecule has 1 N–H and O–H groups in total. The molecule has 0 aromatic carbocycles. The number of nitro groups is 1. The van der Waals surface area contributed by atoms with E-state index in [2.05, 4.69) is 17.0 Å². The van der Waals surface area contributed by atoms with Crippen molar-refractivity contribution in [3.8, 4) is 0 Å². The summed E-state index contributed by atoms with van der Waals surface area (Å²) in [5, 5.41) is 24.5. The Morgan fingerprint density at radius 1 is 1.65 bits per heavy atom. The average Bonchev–Trinajstić information content (AvgIpc) is 2.71. The Hall–Kier alpha value is -1.50. The minimum atomic E-state index is -0.798. The fourth-order valence-corrected chi connectivity index (χ4v) is 2.20. The van der Waals surface area contributed by atoms with Gasteiger partial charge in [0.2, 0.25) is 6.33 Å². The lowest BCUT2D eigenvalue weighted by atomic mass is 9.79. The summed E-state index contributed by atoms with van der Waals surface area (Å²) in [7, 11) is 0. The first-order valence-corrected chi connectivity index (χ1v) is 5.75. The van der Waals surface area contributed by atoms with Gasteiger partial charge in [0.05, 0.1) is 12.1 Å². The van der Waals surface area contributed by atoms with Gasteiger partial charge in [0.25, 0.3) is 0 Å². The Morgan fingerprint density at radius 2 is 2.29 bits per heavy atom. The summed E-state index contributed by atoms with van der Waals surface area (Å²) < 4.78 is 1.36. The molecule has 94 valence electrons. The first kappa shape index (κ1) is 12.0. The fourth-order valence-electron chi connectivity index (χ4n) is 2.20. The second-order valence-electron chi connectivity index (χ2n) is 4.91. The van der Waals surface area contributed by atoms with Gasteiger partial charge in [-0.3, -0.25) is 0 Å². The van der Waals surface area contributed by atoms with Crippen LogP contribution >= 0.6 is 0 Å². The van der Waals surface area contributed by atoms with Crippen molar-refractivity contribution in [1.82, 2.24) is 14.8 Å². The molecule has 1 fully saturated rings. The van der Waals surface area contributed by atoms with Crippen LogP contribution in [0.5, 0.6) is 0 Å². The molecule has 0 bridgehead atoms. The summed E-state index contributed by atoms with van der Waals surface area (Å²) in [6.45, 7) is 2.44. The highest BCUT2D eigenvalue weighted by Gasteiger charge is 2.33. The molecular weight excluding hydrogens is 224 g/mol. The number of nitrogens with zero attached hydrogens (tertiary/aromatic N) is 4. The number of aliphatic hydroxyl groups is 1. The molecule has 0 aliphatic heterocycles. The predicted molar refractivity (Wildman–Crippen MR) is 59.3 cm³/mol. The Labute approximate surface area is 98.6 Å². The molecule has 1 saturated carbocycles. The van der Waals surface area contributed by atoms with Gasteiger partial charge in [-0.1, -0.05) is 11.9 Å². The molecule has 17 heavy (non-hydrogen) atoms. The van der Waals surface area contributed by atoms with E-state index in [9.17, 15) is 15.2 Å². The summed E-state index contributed by atoms with van der Waals surface area (Å²) in [4.78, 5) is 13.4. The number of rotatable bonds is 3. The highest BCUT2D eigenvalue weighted by Crippen LogP contribution is 2.32. The highest BCUT2D eigenvalue weighted by atomic mass is 16.6. The third-order valence-corrected chi connectivity index (χ3v) is 3.35. The first-order chi connectivity index (χ1) is 7.98. The van der Waals surface area contributed by atoms with Crippen molar-refractivity contribution in [2.24, 2.45) is 5.92 Å². The topological polar surface area (TPSA) is 94.1 Å². The zero-order valence-corrected chi connectivity index (χ0v) is 9.74. The van der Waals surface area contributed by atoms with Crippen LogP contribution in [0.4, 0.5) is 5.95 Å². The molecule has 0 radical (unpaired) electrons. The summed E-state index contributed by atoms with van der Waals surface area (Å²) in [5.41, 5.74) is -0.798. The van der Waals surface area contributed by atoms with E-state index in [0.717, 1.165) is 12.8 Å². The van der Waals surface area contributed by atoms with Crippen LogP contribution in [0.25, 0.3) is 0 Å². The van der Waals surface area contributed by atoms with Crippen molar-refractivity contribution in [2.75, 3.05) is 0 Å². The number of aromatic nitrogens is 3. The van der Waals surface area contributed by atoms with Gasteiger partial charge in [-0.25, -0.2) is 0 Å². The minimum Gasteiger partial charge on any atom is -0.390 e. The zero-order chi connectivity index (χ0) is 12.5. The van der Waals surface area contributed by atoms with Crippen LogP contribution in [-0.2, 0) is 6.54 Å². The summed E-state index contributed by atoms with van der Waals surface area (Å²) in [6.07, 6.45) is 4.68. The van der Waals surface area contributed by atoms with E-state index in [-0.39, 0.29) is 6.54 Å². The predicted octanol–water partition coefficient (Wildman–Crippen LogP) is 1.13. The standard InChI is InChI=1S/C10H16N4O3/c1-8-2-4-10(15,5-3-8)6-13-7-11-9(12-13)14(16)17/h7-8,15H,2-6H2,1H3. The van der Waals surface area contributed by atoms with Gasteiger partial charge >= 0.3 is 5.95 Å². The van der Waals surface area contributed by atoms with Crippen LogP contribution in [-0.4, -0.2) is 30.4 Å². The van der Waals surface area contributed by atoms with Gasteiger partial charge in [-0.2, -0.15) is 4.68 Å². The van der Waals surface area contributed by atoms with Gasteiger partial charge in [-0.05, 0) is 36.5 Å². The van der Waals surface area contributed by atoms with Crippen molar-refractivity contribution in [2.45, 2.75) is 44.8 Å². The third-order valence-electron chi connectivity index (χ3n) is 3.35. The van der Waals surface area contributed by atoms with Crippen LogP contribution in [0.15, 0.2) is 6.33 Å². The van der Waals surface area contributed by atoms with Gasteiger partial charge < -0.3 is 15.2 Å². The largest absolute Gasteiger partial charge is 0.490 e. The highest BCUT2D eigenvalue weighted by molar-refractivity contribution is 4.98. The fraction of sp³-hybridized carbons (Fsp3) is 0.800. The second kappa shape index (κ2) is 4.40. The Balaban J connectivity index is 2.02. The summed E-state index contributed by atoms with van der Waals surface area (Å²) >= 11 is 0. The normalized spacial score (nSPS) is 29.2. The quantitative estimate of drug-likeness (QED) is 0.631. The maximum absolute atomic E-state index is 10.4. The van der Waals surface area contributed by atoms with Crippen molar-refractivity contribution in [3.05, 3.63) is 16.4 Å². The van der Waals surface area contributed by atoms with Crippen molar-refractivity contribution in [3.63, 3.8) is 0 Å². The Morgan fingerprint density at radius 3 is 2.82 bits per heavy atom. The van der Waals surface area contributed by atoms with Gasteiger partial charge in [0, 0.05) is 5.10 Å². The lowest BCUT2D eigenvalue weighted by Crippen LogP contribution is -2.38. The molecule has 1 aliphatic rings. The SMILES string of the molecule is CC1CCC(O)(Cn2cnc([N+](=O)[O-])n2)CC1. The van der Waals surface area contributed by atoms with E-state index in [1.165, 1.54) is 11.0 Å². The van der Waals surface area contributed by atoms with E-state index in [1.807, 2.05) is 0 Å². The first-order valence-electron chi connectivity index (χ1n) is 5.75. The molecule has 7 nitrogen and oxygen atoms in total. The molecular formula is C10H16N4O3. The lowest BCUT2D eigenvalue weighted by molar-refractivity contribution is -0.394. The average molecular weight is 240 g/mol. The molecule has 1 heterocycles. The van der Waals surface area contributed by atoms with E-state index >= 15 is 0 Å². The minimum absolute atomic E-state index is 0.278. The molecule has 2 rings (SSSR count). The molecule has 7 heteroatoms.